The number of fused-ring (bicyclic) bond motifs is 2. The van der Waals surface area contributed by atoms with Crippen LogP contribution < -0.4 is 4.74 Å². The summed E-state index contributed by atoms with van der Waals surface area (Å²) in [6, 6.07) is 23.6. The zero-order chi connectivity index (χ0) is 16.5. The molecular weight excluding hydrogens is 300 g/mol. The molecule has 0 radical (unpaired) electrons. The number of carboxylic acids is 1. The van der Waals surface area contributed by atoms with Crippen LogP contribution in [0.4, 0.5) is 0 Å². The molecule has 118 valence electrons. The van der Waals surface area contributed by atoms with Gasteiger partial charge in [0.2, 0.25) is 0 Å². The van der Waals surface area contributed by atoms with Crippen LogP contribution in [0, 0.1) is 0 Å². The third-order valence-corrected chi connectivity index (χ3v) is 4.39. The molecule has 3 aromatic carbocycles. The van der Waals surface area contributed by atoms with Gasteiger partial charge < -0.3 is 9.84 Å². The SMILES string of the molecule is O=C(O)Cc1ccccc1C1c2ccccc2Oc2ccccc21. The summed E-state index contributed by atoms with van der Waals surface area (Å²) in [6.45, 7) is 0. The Morgan fingerprint density at radius 2 is 1.29 bits per heavy atom. The molecule has 3 nitrogen and oxygen atoms in total. The van der Waals surface area contributed by atoms with Crippen LogP contribution in [0.3, 0.4) is 0 Å². The Morgan fingerprint density at radius 1 is 0.792 bits per heavy atom. The van der Waals surface area contributed by atoms with E-state index in [0.717, 1.165) is 33.8 Å². The molecule has 0 atom stereocenters. The van der Waals surface area contributed by atoms with E-state index in [1.54, 1.807) is 0 Å². The summed E-state index contributed by atoms with van der Waals surface area (Å²) >= 11 is 0. The molecule has 0 amide bonds. The topological polar surface area (TPSA) is 46.5 Å². The molecule has 0 aliphatic carbocycles. The van der Waals surface area contributed by atoms with Crippen molar-refractivity contribution in [2.45, 2.75) is 12.3 Å². The first-order valence-corrected chi connectivity index (χ1v) is 7.89. The van der Waals surface area contributed by atoms with Crippen molar-refractivity contribution in [2.75, 3.05) is 0 Å². The zero-order valence-corrected chi connectivity index (χ0v) is 13.0. The van der Waals surface area contributed by atoms with Crippen LogP contribution in [-0.2, 0) is 11.2 Å². The van der Waals surface area contributed by atoms with Crippen LogP contribution in [0.1, 0.15) is 28.2 Å². The van der Waals surface area contributed by atoms with E-state index in [2.05, 4.69) is 0 Å². The number of para-hydroxylation sites is 2. The minimum atomic E-state index is -0.823. The number of benzene rings is 3. The van der Waals surface area contributed by atoms with Gasteiger partial charge in [-0.15, -0.1) is 0 Å². The lowest BCUT2D eigenvalue weighted by Crippen LogP contribution is -2.14. The molecule has 1 aliphatic heterocycles. The van der Waals surface area contributed by atoms with Crippen molar-refractivity contribution in [3.8, 4) is 11.5 Å². The van der Waals surface area contributed by atoms with Crippen molar-refractivity contribution in [3.05, 3.63) is 95.1 Å². The number of aliphatic carboxylic acids is 1. The van der Waals surface area contributed by atoms with Crippen LogP contribution in [0.5, 0.6) is 11.5 Å². The molecule has 1 heterocycles. The van der Waals surface area contributed by atoms with E-state index in [9.17, 15) is 9.90 Å². The first-order chi connectivity index (χ1) is 11.7. The molecule has 3 aromatic rings. The predicted molar refractivity (Wildman–Crippen MR) is 91.7 cm³/mol. The molecule has 24 heavy (non-hydrogen) atoms. The van der Waals surface area contributed by atoms with E-state index in [0.29, 0.717) is 0 Å². The number of ether oxygens (including phenoxy) is 1. The Bertz CT molecular complexity index is 869. The quantitative estimate of drug-likeness (QED) is 0.601. The van der Waals surface area contributed by atoms with E-state index in [1.165, 1.54) is 0 Å². The van der Waals surface area contributed by atoms with Crippen molar-refractivity contribution < 1.29 is 14.6 Å². The summed E-state index contributed by atoms with van der Waals surface area (Å²) in [5.41, 5.74) is 3.98. The minimum absolute atomic E-state index is 0.0118. The summed E-state index contributed by atoms with van der Waals surface area (Å²) in [5, 5.41) is 9.26. The second kappa shape index (κ2) is 5.85. The van der Waals surface area contributed by atoms with Gasteiger partial charge in [-0.25, -0.2) is 0 Å². The Morgan fingerprint density at radius 3 is 1.88 bits per heavy atom. The van der Waals surface area contributed by atoms with Crippen molar-refractivity contribution in [1.29, 1.82) is 0 Å². The molecular formula is C21H16O3. The van der Waals surface area contributed by atoms with Gasteiger partial charge in [0, 0.05) is 17.0 Å². The van der Waals surface area contributed by atoms with Crippen LogP contribution >= 0.6 is 0 Å². The highest BCUT2D eigenvalue weighted by Crippen LogP contribution is 2.47. The third-order valence-electron chi connectivity index (χ3n) is 4.39. The highest BCUT2D eigenvalue weighted by molar-refractivity contribution is 5.71. The molecule has 0 saturated carbocycles. The van der Waals surface area contributed by atoms with Crippen molar-refractivity contribution in [2.24, 2.45) is 0 Å². The van der Waals surface area contributed by atoms with E-state index >= 15 is 0 Å². The number of carboxylic acid groups (broad SMARTS) is 1. The number of hydrogen-bond acceptors (Lipinski definition) is 2. The van der Waals surface area contributed by atoms with Crippen LogP contribution in [0.2, 0.25) is 0 Å². The third kappa shape index (κ3) is 2.44. The van der Waals surface area contributed by atoms with E-state index in [4.69, 9.17) is 4.74 Å². The van der Waals surface area contributed by atoms with Gasteiger partial charge in [0.1, 0.15) is 11.5 Å². The van der Waals surface area contributed by atoms with Crippen molar-refractivity contribution in [3.63, 3.8) is 0 Å². The highest BCUT2D eigenvalue weighted by atomic mass is 16.5. The molecule has 0 unspecified atom stereocenters. The summed E-state index contributed by atoms with van der Waals surface area (Å²) in [6.07, 6.45) is 0.0118. The van der Waals surface area contributed by atoms with Gasteiger partial charge in [-0.05, 0) is 23.3 Å². The summed E-state index contributed by atoms with van der Waals surface area (Å²) in [5.74, 6) is 0.801. The maximum atomic E-state index is 11.3. The molecule has 1 aliphatic rings. The fourth-order valence-corrected chi connectivity index (χ4v) is 3.38. The Labute approximate surface area is 140 Å². The van der Waals surface area contributed by atoms with Crippen molar-refractivity contribution >= 4 is 5.97 Å². The monoisotopic (exact) mass is 316 g/mol. The van der Waals surface area contributed by atoms with Gasteiger partial charge in [-0.1, -0.05) is 60.7 Å². The van der Waals surface area contributed by atoms with Gasteiger partial charge in [-0.3, -0.25) is 4.79 Å². The summed E-state index contributed by atoms with van der Waals surface area (Å²) < 4.78 is 6.03. The molecule has 0 saturated heterocycles. The fourth-order valence-electron chi connectivity index (χ4n) is 3.38. The number of carbonyl (C=O) groups is 1. The molecule has 1 N–H and O–H groups in total. The largest absolute Gasteiger partial charge is 0.481 e. The average molecular weight is 316 g/mol. The van der Waals surface area contributed by atoms with Gasteiger partial charge in [0.25, 0.3) is 0 Å². The molecule has 0 aromatic heterocycles. The van der Waals surface area contributed by atoms with E-state index < -0.39 is 5.97 Å². The lowest BCUT2D eigenvalue weighted by atomic mass is 9.80. The second-order valence-electron chi connectivity index (χ2n) is 5.88. The lowest BCUT2D eigenvalue weighted by molar-refractivity contribution is -0.136. The maximum absolute atomic E-state index is 11.3. The molecule has 3 heteroatoms. The molecule has 0 fully saturated rings. The number of hydrogen-bond donors (Lipinski definition) is 1. The molecule has 4 rings (SSSR count). The Hall–Kier alpha value is -3.07. The minimum Gasteiger partial charge on any atom is -0.481 e. The Kier molecular flexibility index (Phi) is 3.54. The normalized spacial score (nSPS) is 12.8. The summed E-state index contributed by atoms with van der Waals surface area (Å²) in [4.78, 5) is 11.3. The number of rotatable bonds is 3. The van der Waals surface area contributed by atoms with Crippen LogP contribution in [0.15, 0.2) is 72.8 Å². The van der Waals surface area contributed by atoms with Crippen LogP contribution in [0.25, 0.3) is 0 Å². The van der Waals surface area contributed by atoms with Gasteiger partial charge in [0.05, 0.1) is 6.42 Å². The predicted octanol–water partition coefficient (Wildman–Crippen LogP) is 4.60. The lowest BCUT2D eigenvalue weighted by Gasteiger charge is -2.29. The van der Waals surface area contributed by atoms with Crippen LogP contribution in [-0.4, -0.2) is 11.1 Å². The highest BCUT2D eigenvalue weighted by Gasteiger charge is 2.29. The first-order valence-electron chi connectivity index (χ1n) is 7.89. The first kappa shape index (κ1) is 14.5. The average Bonchev–Trinajstić information content (AvgIpc) is 2.60. The van der Waals surface area contributed by atoms with E-state index in [-0.39, 0.29) is 12.3 Å². The van der Waals surface area contributed by atoms with E-state index in [1.807, 2.05) is 72.8 Å². The molecule has 0 spiro atoms. The summed E-state index contributed by atoms with van der Waals surface area (Å²) in [7, 11) is 0. The van der Waals surface area contributed by atoms with Gasteiger partial charge >= 0.3 is 5.97 Å². The smallest absolute Gasteiger partial charge is 0.307 e. The standard InChI is InChI=1S/C21H16O3/c22-20(23)13-14-7-1-2-8-15(14)21-16-9-3-5-11-18(16)24-19-12-6-4-10-17(19)21/h1-12,21H,13H2,(H,22,23). The van der Waals surface area contributed by atoms with Gasteiger partial charge in [-0.2, -0.15) is 0 Å². The Balaban J connectivity index is 1.94. The molecule has 0 bridgehead atoms. The van der Waals surface area contributed by atoms with Gasteiger partial charge in [0.15, 0.2) is 0 Å². The fraction of sp³-hybridized carbons (Fsp3) is 0.0952. The maximum Gasteiger partial charge on any atom is 0.307 e. The zero-order valence-electron chi connectivity index (χ0n) is 13.0. The van der Waals surface area contributed by atoms with Crippen molar-refractivity contribution in [1.82, 2.24) is 0 Å². The second-order valence-corrected chi connectivity index (χ2v) is 5.88.